The van der Waals surface area contributed by atoms with E-state index in [1.807, 2.05) is 0 Å². The van der Waals surface area contributed by atoms with Gasteiger partial charge in [-0.3, -0.25) is 4.79 Å². The van der Waals surface area contributed by atoms with E-state index in [-0.39, 0.29) is 12.8 Å². The quantitative estimate of drug-likeness (QED) is 0.497. The fourth-order valence-corrected chi connectivity index (χ4v) is 1.05. The highest BCUT2D eigenvalue weighted by atomic mass is 16.6. The fraction of sp³-hybridized carbons (Fsp3) is 0.636. The molecule has 0 aromatic rings. The lowest BCUT2D eigenvalue weighted by molar-refractivity contribution is -0.311. The molecule has 86 valence electrons. The number of hydrogen-bond acceptors (Lipinski definition) is 4. The molecule has 4 nitrogen and oxygen atoms in total. The molecule has 0 saturated heterocycles. The Morgan fingerprint density at radius 3 is 2.33 bits per heavy atom. The highest BCUT2D eigenvalue weighted by Gasteiger charge is 2.20. The van der Waals surface area contributed by atoms with Crippen LogP contribution in [0.3, 0.4) is 0 Å². The second kappa shape index (κ2) is 5.53. The number of carbonyl (C=O) groups is 2. The second-order valence-electron chi connectivity index (χ2n) is 4.33. The number of rotatable bonds is 5. The zero-order valence-corrected chi connectivity index (χ0v) is 9.41. The Morgan fingerprint density at radius 1 is 1.47 bits per heavy atom. The van der Waals surface area contributed by atoms with Crippen LogP contribution < -0.4 is 5.11 Å². The SMILES string of the molecule is C=CC[C@H](CC(=O)OC(C)(C)C)C(=O)[O-]. The molecule has 0 saturated carbocycles. The van der Waals surface area contributed by atoms with E-state index in [0.29, 0.717) is 0 Å². The van der Waals surface area contributed by atoms with Crippen LogP contribution in [0.4, 0.5) is 0 Å². The number of carboxylic acid groups (broad SMARTS) is 1. The molecule has 0 radical (unpaired) electrons. The Bertz CT molecular complexity index is 250. The molecule has 15 heavy (non-hydrogen) atoms. The van der Waals surface area contributed by atoms with Gasteiger partial charge in [0.05, 0.1) is 6.42 Å². The maximum atomic E-state index is 11.3. The molecule has 0 heterocycles. The molecule has 0 spiro atoms. The monoisotopic (exact) mass is 213 g/mol. The van der Waals surface area contributed by atoms with Gasteiger partial charge in [0.2, 0.25) is 0 Å². The van der Waals surface area contributed by atoms with Crippen molar-refractivity contribution in [3.8, 4) is 0 Å². The van der Waals surface area contributed by atoms with Crippen LogP contribution in [-0.4, -0.2) is 17.5 Å². The van der Waals surface area contributed by atoms with Crippen molar-refractivity contribution in [1.29, 1.82) is 0 Å². The van der Waals surface area contributed by atoms with E-state index in [9.17, 15) is 14.7 Å². The Kier molecular flexibility index (Phi) is 5.05. The van der Waals surface area contributed by atoms with Gasteiger partial charge in [-0.15, -0.1) is 6.58 Å². The molecule has 0 fully saturated rings. The zero-order chi connectivity index (χ0) is 12.1. The first-order chi connectivity index (χ1) is 6.76. The third-order valence-corrected chi connectivity index (χ3v) is 1.62. The highest BCUT2D eigenvalue weighted by molar-refractivity contribution is 5.78. The fourth-order valence-electron chi connectivity index (χ4n) is 1.05. The van der Waals surface area contributed by atoms with Gasteiger partial charge in [0, 0.05) is 11.9 Å². The summed E-state index contributed by atoms with van der Waals surface area (Å²) in [5, 5.41) is 10.6. The molecule has 0 amide bonds. The Hall–Kier alpha value is -1.32. The summed E-state index contributed by atoms with van der Waals surface area (Å²) in [6, 6.07) is 0. The number of carboxylic acids is 1. The molecule has 0 unspecified atom stereocenters. The topological polar surface area (TPSA) is 66.4 Å². The van der Waals surface area contributed by atoms with Crippen LogP contribution in [0.25, 0.3) is 0 Å². The normalized spacial score (nSPS) is 13.0. The lowest BCUT2D eigenvalue weighted by Gasteiger charge is -2.22. The van der Waals surface area contributed by atoms with Gasteiger partial charge in [-0.05, 0) is 27.2 Å². The largest absolute Gasteiger partial charge is 0.550 e. The first kappa shape index (κ1) is 13.7. The summed E-state index contributed by atoms with van der Waals surface area (Å²) in [4.78, 5) is 21.9. The highest BCUT2D eigenvalue weighted by Crippen LogP contribution is 2.14. The number of ether oxygens (including phenoxy) is 1. The van der Waals surface area contributed by atoms with Crippen molar-refractivity contribution in [3.05, 3.63) is 12.7 Å². The molecule has 1 atom stereocenters. The lowest BCUT2D eigenvalue weighted by atomic mass is 10.0. The van der Waals surface area contributed by atoms with Gasteiger partial charge in [0.1, 0.15) is 5.60 Å². The average Bonchev–Trinajstić information content (AvgIpc) is 1.99. The molecular weight excluding hydrogens is 196 g/mol. The van der Waals surface area contributed by atoms with Crippen molar-refractivity contribution in [2.24, 2.45) is 5.92 Å². The summed E-state index contributed by atoms with van der Waals surface area (Å²) >= 11 is 0. The molecule has 0 bridgehead atoms. The summed E-state index contributed by atoms with van der Waals surface area (Å²) in [5.74, 6) is -2.63. The van der Waals surface area contributed by atoms with Crippen molar-refractivity contribution in [2.75, 3.05) is 0 Å². The van der Waals surface area contributed by atoms with E-state index in [0.717, 1.165) is 0 Å². The van der Waals surface area contributed by atoms with Crippen molar-refractivity contribution in [1.82, 2.24) is 0 Å². The van der Waals surface area contributed by atoms with Crippen molar-refractivity contribution in [2.45, 2.75) is 39.2 Å². The predicted octanol–water partition coefficient (Wildman–Crippen LogP) is 0.660. The maximum Gasteiger partial charge on any atom is 0.306 e. The summed E-state index contributed by atoms with van der Waals surface area (Å²) in [5.41, 5.74) is -0.595. The lowest BCUT2D eigenvalue weighted by Crippen LogP contribution is -2.34. The summed E-state index contributed by atoms with van der Waals surface area (Å²) in [7, 11) is 0. The van der Waals surface area contributed by atoms with Crippen LogP contribution in [0.15, 0.2) is 12.7 Å². The third-order valence-electron chi connectivity index (χ3n) is 1.62. The average molecular weight is 213 g/mol. The minimum atomic E-state index is -1.25. The van der Waals surface area contributed by atoms with Crippen LogP contribution in [-0.2, 0) is 14.3 Å². The maximum absolute atomic E-state index is 11.3. The first-order valence-corrected chi connectivity index (χ1v) is 4.80. The smallest absolute Gasteiger partial charge is 0.306 e. The van der Waals surface area contributed by atoms with Crippen LogP contribution in [0.1, 0.15) is 33.6 Å². The van der Waals surface area contributed by atoms with Gasteiger partial charge < -0.3 is 14.6 Å². The molecule has 0 aliphatic carbocycles. The number of carbonyl (C=O) groups excluding carboxylic acids is 2. The summed E-state index contributed by atoms with van der Waals surface area (Å²) in [6.07, 6.45) is 1.48. The zero-order valence-electron chi connectivity index (χ0n) is 9.41. The van der Waals surface area contributed by atoms with Gasteiger partial charge in [0.15, 0.2) is 0 Å². The van der Waals surface area contributed by atoms with Gasteiger partial charge in [-0.2, -0.15) is 0 Å². The van der Waals surface area contributed by atoms with Crippen molar-refractivity contribution < 1.29 is 19.4 Å². The van der Waals surface area contributed by atoms with Crippen LogP contribution >= 0.6 is 0 Å². The predicted molar refractivity (Wildman–Crippen MR) is 53.8 cm³/mol. The van der Waals surface area contributed by atoms with E-state index in [1.54, 1.807) is 20.8 Å². The Labute approximate surface area is 89.9 Å². The number of hydrogen-bond donors (Lipinski definition) is 0. The van der Waals surface area contributed by atoms with Crippen molar-refractivity contribution in [3.63, 3.8) is 0 Å². The second-order valence-corrected chi connectivity index (χ2v) is 4.33. The molecule has 0 aromatic carbocycles. The van der Waals surface area contributed by atoms with E-state index in [2.05, 4.69) is 6.58 Å². The molecule has 0 rings (SSSR count). The molecule has 0 aliphatic rings. The van der Waals surface area contributed by atoms with Crippen LogP contribution in [0, 0.1) is 5.92 Å². The molecule has 0 aliphatic heterocycles. The molecule has 0 aromatic heterocycles. The van der Waals surface area contributed by atoms with Gasteiger partial charge in [0.25, 0.3) is 0 Å². The third kappa shape index (κ3) is 6.71. The number of esters is 1. The van der Waals surface area contributed by atoms with E-state index in [1.165, 1.54) is 6.08 Å². The standard InChI is InChI=1S/C11H18O4/c1-5-6-8(10(13)14)7-9(12)15-11(2,3)4/h5,8H,1,6-7H2,2-4H3,(H,13,14)/p-1/t8-/m1/s1. The number of allylic oxidation sites excluding steroid dienone is 1. The van der Waals surface area contributed by atoms with Gasteiger partial charge >= 0.3 is 5.97 Å². The van der Waals surface area contributed by atoms with Crippen LogP contribution in [0.5, 0.6) is 0 Å². The summed E-state index contributed by atoms with van der Waals surface area (Å²) < 4.78 is 5.00. The number of aliphatic carboxylic acids is 1. The van der Waals surface area contributed by atoms with E-state index >= 15 is 0 Å². The van der Waals surface area contributed by atoms with Crippen LogP contribution in [0.2, 0.25) is 0 Å². The van der Waals surface area contributed by atoms with E-state index in [4.69, 9.17) is 4.74 Å². The molecule has 0 N–H and O–H groups in total. The summed E-state index contributed by atoms with van der Waals surface area (Å²) in [6.45, 7) is 8.61. The molecular formula is C11H17O4-. The van der Waals surface area contributed by atoms with Gasteiger partial charge in [-0.1, -0.05) is 6.08 Å². The Morgan fingerprint density at radius 2 is 2.00 bits per heavy atom. The minimum Gasteiger partial charge on any atom is -0.550 e. The minimum absolute atomic E-state index is 0.175. The van der Waals surface area contributed by atoms with Gasteiger partial charge in [-0.25, -0.2) is 0 Å². The Balaban J connectivity index is 4.23. The van der Waals surface area contributed by atoms with Crippen molar-refractivity contribution >= 4 is 11.9 Å². The first-order valence-electron chi connectivity index (χ1n) is 4.80. The molecule has 4 heteroatoms. The van der Waals surface area contributed by atoms with E-state index < -0.39 is 23.5 Å².